The average molecular weight is 530 g/mol. The molecule has 1 fully saturated rings. The molecule has 0 aromatic heterocycles. The topological polar surface area (TPSA) is 101 Å². The highest BCUT2D eigenvalue weighted by atomic mass is 19.4. The Hall–Kier alpha value is -3.69. The number of hydrogen-bond acceptors (Lipinski definition) is 6. The summed E-state index contributed by atoms with van der Waals surface area (Å²) >= 11 is 0. The van der Waals surface area contributed by atoms with E-state index in [2.05, 4.69) is 4.74 Å². The molecule has 0 bridgehead atoms. The summed E-state index contributed by atoms with van der Waals surface area (Å²) in [6.45, 7) is 6.75. The SMILES string of the molecule is CC1=CC(=O)C2=C(CC3C(=CCC4C(=O)N(C(C)(C)C)C(=O)C43)C2c2cc(OC(F)(F)F)ccc2O)C1=O. The van der Waals surface area contributed by atoms with Gasteiger partial charge >= 0.3 is 6.36 Å². The molecule has 0 saturated carbocycles. The number of amides is 2. The fourth-order valence-electron chi connectivity index (χ4n) is 6.36. The number of allylic oxidation sites excluding steroid dienone is 6. The Morgan fingerprint density at radius 2 is 1.71 bits per heavy atom. The van der Waals surface area contributed by atoms with Gasteiger partial charge in [0, 0.05) is 33.7 Å². The number of likely N-dealkylation sites (tertiary alicyclic amines) is 1. The van der Waals surface area contributed by atoms with Gasteiger partial charge in [-0.05, 0) is 70.7 Å². The quantitative estimate of drug-likeness (QED) is 0.344. The lowest BCUT2D eigenvalue weighted by Crippen LogP contribution is -2.46. The third-order valence-corrected chi connectivity index (χ3v) is 7.78. The standard InChI is InChI=1S/C28H26F3NO6/c1-12-9-20(34)23-18(24(12)35)11-16-14(6-7-15-22(16)26(37)32(25(15)36)27(2,3)4)21(23)17-10-13(5-8-19(17)33)38-28(29,30)31/h5-6,8-10,15-16,21-22,33H,7,11H2,1-4H3. The normalized spacial score (nSPS) is 27.6. The molecule has 0 radical (unpaired) electrons. The predicted molar refractivity (Wildman–Crippen MR) is 128 cm³/mol. The van der Waals surface area contributed by atoms with Crippen molar-refractivity contribution in [2.24, 2.45) is 17.8 Å². The van der Waals surface area contributed by atoms with E-state index in [4.69, 9.17) is 0 Å². The number of carbonyl (C=O) groups excluding carboxylic acids is 4. The summed E-state index contributed by atoms with van der Waals surface area (Å²) in [5, 5.41) is 10.8. The Kier molecular flexibility index (Phi) is 5.74. The minimum absolute atomic E-state index is 0.0328. The second kappa shape index (κ2) is 8.41. The van der Waals surface area contributed by atoms with Crippen molar-refractivity contribution >= 4 is 23.4 Å². The molecule has 1 aromatic rings. The van der Waals surface area contributed by atoms with Gasteiger partial charge in [-0.2, -0.15) is 0 Å². The van der Waals surface area contributed by atoms with Crippen LogP contribution < -0.4 is 4.74 Å². The van der Waals surface area contributed by atoms with E-state index < -0.39 is 58.6 Å². The third kappa shape index (κ3) is 3.97. The minimum atomic E-state index is -4.99. The van der Waals surface area contributed by atoms with Crippen LogP contribution in [0.4, 0.5) is 13.2 Å². The number of aromatic hydroxyl groups is 1. The number of rotatable bonds is 2. The number of carbonyl (C=O) groups is 4. The Morgan fingerprint density at radius 3 is 2.34 bits per heavy atom. The number of phenolic OH excluding ortho intramolecular Hbond substituents is 1. The lowest BCUT2D eigenvalue weighted by atomic mass is 9.59. The van der Waals surface area contributed by atoms with Crippen molar-refractivity contribution in [1.29, 1.82) is 0 Å². The fraction of sp³-hybridized carbons (Fsp3) is 0.429. The van der Waals surface area contributed by atoms with Crippen LogP contribution in [-0.2, 0) is 19.2 Å². The van der Waals surface area contributed by atoms with Crippen LogP contribution in [0.15, 0.2) is 52.6 Å². The van der Waals surface area contributed by atoms with Crippen molar-refractivity contribution in [3.8, 4) is 11.5 Å². The smallest absolute Gasteiger partial charge is 0.508 e. The summed E-state index contributed by atoms with van der Waals surface area (Å²) in [7, 11) is 0. The maximum Gasteiger partial charge on any atom is 0.573 e. The first-order valence-electron chi connectivity index (χ1n) is 12.3. The molecule has 4 unspecified atom stereocenters. The van der Waals surface area contributed by atoms with Crippen LogP contribution in [0.3, 0.4) is 0 Å². The average Bonchev–Trinajstić information content (AvgIpc) is 3.07. The number of Topliss-reactive ketones (excluding diaryl/α,β-unsaturated/α-hetero) is 1. The number of benzene rings is 1. The van der Waals surface area contributed by atoms with Gasteiger partial charge in [0.25, 0.3) is 0 Å². The van der Waals surface area contributed by atoms with E-state index in [0.29, 0.717) is 5.57 Å². The molecule has 7 nitrogen and oxygen atoms in total. The largest absolute Gasteiger partial charge is 0.573 e. The van der Waals surface area contributed by atoms with E-state index in [1.54, 1.807) is 26.8 Å². The van der Waals surface area contributed by atoms with Crippen molar-refractivity contribution in [1.82, 2.24) is 4.90 Å². The van der Waals surface area contributed by atoms with Crippen molar-refractivity contribution in [3.05, 3.63) is 58.2 Å². The molecule has 4 atom stereocenters. The summed E-state index contributed by atoms with van der Waals surface area (Å²) in [6, 6.07) is 2.99. The first-order chi connectivity index (χ1) is 17.6. The van der Waals surface area contributed by atoms with Gasteiger partial charge in [0.2, 0.25) is 11.8 Å². The molecule has 1 saturated heterocycles. The summed E-state index contributed by atoms with van der Waals surface area (Å²) < 4.78 is 43.0. The van der Waals surface area contributed by atoms with Crippen molar-refractivity contribution < 1.29 is 42.2 Å². The maximum absolute atomic E-state index is 13.6. The molecule has 200 valence electrons. The highest BCUT2D eigenvalue weighted by Crippen LogP contribution is 2.56. The van der Waals surface area contributed by atoms with Crippen molar-refractivity contribution in [2.75, 3.05) is 0 Å². The highest BCUT2D eigenvalue weighted by Gasteiger charge is 2.58. The molecule has 3 aliphatic carbocycles. The summed E-state index contributed by atoms with van der Waals surface area (Å²) in [5.74, 6) is -5.79. The van der Waals surface area contributed by atoms with Gasteiger partial charge in [-0.3, -0.25) is 24.1 Å². The number of imide groups is 1. The number of nitrogens with zero attached hydrogens (tertiary/aromatic N) is 1. The first kappa shape index (κ1) is 25.9. The van der Waals surface area contributed by atoms with Gasteiger partial charge in [-0.15, -0.1) is 13.2 Å². The monoisotopic (exact) mass is 529 g/mol. The highest BCUT2D eigenvalue weighted by molar-refractivity contribution is 6.23. The molecule has 4 aliphatic rings. The zero-order valence-electron chi connectivity index (χ0n) is 21.2. The number of hydrogen-bond donors (Lipinski definition) is 1. The molecular weight excluding hydrogens is 503 g/mol. The molecule has 5 rings (SSSR count). The lowest BCUT2D eigenvalue weighted by molar-refractivity contribution is -0.274. The third-order valence-electron chi connectivity index (χ3n) is 7.78. The van der Waals surface area contributed by atoms with Gasteiger partial charge in [0.05, 0.1) is 11.8 Å². The predicted octanol–water partition coefficient (Wildman–Crippen LogP) is 4.52. The van der Waals surface area contributed by atoms with Crippen LogP contribution >= 0.6 is 0 Å². The molecule has 38 heavy (non-hydrogen) atoms. The Morgan fingerprint density at radius 1 is 1.03 bits per heavy atom. The molecule has 1 aromatic carbocycles. The molecule has 1 N–H and O–H groups in total. The van der Waals surface area contributed by atoms with Gasteiger partial charge in [-0.25, -0.2) is 0 Å². The van der Waals surface area contributed by atoms with Crippen LogP contribution in [0.2, 0.25) is 0 Å². The van der Waals surface area contributed by atoms with E-state index in [1.807, 2.05) is 0 Å². The summed E-state index contributed by atoms with van der Waals surface area (Å²) in [4.78, 5) is 54.7. The molecular formula is C28H26F3NO6. The second-order valence-corrected chi connectivity index (χ2v) is 11.2. The number of ketones is 2. The van der Waals surface area contributed by atoms with E-state index in [-0.39, 0.29) is 46.9 Å². The van der Waals surface area contributed by atoms with Gasteiger partial charge in [0.15, 0.2) is 11.6 Å². The molecule has 0 spiro atoms. The number of alkyl halides is 3. The zero-order chi connectivity index (χ0) is 27.9. The van der Waals surface area contributed by atoms with Gasteiger partial charge in [-0.1, -0.05) is 11.6 Å². The Labute approximate surface area is 216 Å². The zero-order valence-corrected chi connectivity index (χ0v) is 21.2. The number of fused-ring (bicyclic) bond motifs is 3. The lowest BCUT2D eigenvalue weighted by Gasteiger charge is -2.42. The number of phenols is 1. The van der Waals surface area contributed by atoms with Crippen LogP contribution in [0, 0.1) is 17.8 Å². The van der Waals surface area contributed by atoms with Crippen molar-refractivity contribution in [3.63, 3.8) is 0 Å². The first-order valence-corrected chi connectivity index (χ1v) is 12.3. The van der Waals surface area contributed by atoms with E-state index >= 15 is 0 Å². The second-order valence-electron chi connectivity index (χ2n) is 11.2. The maximum atomic E-state index is 13.6. The Balaban J connectivity index is 1.69. The van der Waals surface area contributed by atoms with E-state index in [9.17, 15) is 37.5 Å². The number of halogens is 3. The fourth-order valence-corrected chi connectivity index (χ4v) is 6.36. The minimum Gasteiger partial charge on any atom is -0.508 e. The molecule has 1 heterocycles. The molecule has 1 aliphatic heterocycles. The van der Waals surface area contributed by atoms with Crippen LogP contribution in [0.25, 0.3) is 0 Å². The molecule has 10 heteroatoms. The number of ether oxygens (including phenoxy) is 1. The van der Waals surface area contributed by atoms with Gasteiger partial charge in [0.1, 0.15) is 11.5 Å². The Bertz CT molecular complexity index is 1390. The van der Waals surface area contributed by atoms with E-state index in [0.717, 1.165) is 18.2 Å². The summed E-state index contributed by atoms with van der Waals surface area (Å²) in [5.41, 5.74) is 0.115. The van der Waals surface area contributed by atoms with Gasteiger partial charge < -0.3 is 9.84 Å². The molecule has 2 amide bonds. The summed E-state index contributed by atoms with van der Waals surface area (Å²) in [6.07, 6.45) is -1.86. The van der Waals surface area contributed by atoms with Crippen LogP contribution in [-0.4, -0.2) is 45.3 Å². The van der Waals surface area contributed by atoms with Crippen molar-refractivity contribution in [2.45, 2.75) is 58.4 Å². The van der Waals surface area contributed by atoms with Crippen LogP contribution in [0.1, 0.15) is 52.0 Å². The van der Waals surface area contributed by atoms with Crippen LogP contribution in [0.5, 0.6) is 11.5 Å². The van der Waals surface area contributed by atoms with E-state index in [1.165, 1.54) is 17.9 Å².